The van der Waals surface area contributed by atoms with Crippen LogP contribution in [0.25, 0.3) is 0 Å². The Morgan fingerprint density at radius 3 is 2.81 bits per heavy atom. The van der Waals surface area contributed by atoms with Gasteiger partial charge in [-0.3, -0.25) is 9.69 Å². The molecule has 1 aromatic carbocycles. The van der Waals surface area contributed by atoms with E-state index in [1.54, 1.807) is 28.9 Å². The van der Waals surface area contributed by atoms with Crippen molar-refractivity contribution in [2.24, 2.45) is 0 Å². The molecule has 0 spiro atoms. The summed E-state index contributed by atoms with van der Waals surface area (Å²) in [7, 11) is 0. The maximum absolute atomic E-state index is 12.6. The SMILES string of the molecule is CC(C)=CC(=O)N1c2ccccc2Sc2cc(Cl)cnc21. The summed E-state index contributed by atoms with van der Waals surface area (Å²) in [6.07, 6.45) is 3.19. The van der Waals surface area contributed by atoms with Gasteiger partial charge in [0.15, 0.2) is 5.82 Å². The molecule has 0 saturated carbocycles. The van der Waals surface area contributed by atoms with Gasteiger partial charge in [-0.05, 0) is 32.0 Å². The van der Waals surface area contributed by atoms with Crippen LogP contribution in [-0.2, 0) is 4.79 Å². The molecule has 0 unspecified atom stereocenters. The maximum atomic E-state index is 12.6. The number of nitrogens with zero attached hydrogens (tertiary/aromatic N) is 2. The number of aromatic nitrogens is 1. The van der Waals surface area contributed by atoms with Crippen molar-refractivity contribution in [2.45, 2.75) is 23.6 Å². The van der Waals surface area contributed by atoms with Gasteiger partial charge in [-0.1, -0.05) is 41.1 Å². The molecule has 1 aliphatic rings. The number of para-hydroxylation sites is 1. The monoisotopic (exact) mass is 316 g/mol. The first-order valence-electron chi connectivity index (χ1n) is 6.47. The molecule has 3 nitrogen and oxygen atoms in total. The highest BCUT2D eigenvalue weighted by Gasteiger charge is 2.28. The van der Waals surface area contributed by atoms with Crippen LogP contribution in [0.1, 0.15) is 13.8 Å². The first-order valence-corrected chi connectivity index (χ1v) is 7.67. The Morgan fingerprint density at radius 1 is 1.29 bits per heavy atom. The molecule has 0 N–H and O–H groups in total. The number of carbonyl (C=O) groups is 1. The van der Waals surface area contributed by atoms with Crippen molar-refractivity contribution < 1.29 is 4.79 Å². The van der Waals surface area contributed by atoms with Crippen LogP contribution in [-0.4, -0.2) is 10.9 Å². The van der Waals surface area contributed by atoms with Crippen molar-refractivity contribution in [3.63, 3.8) is 0 Å². The lowest BCUT2D eigenvalue weighted by Crippen LogP contribution is -2.27. The summed E-state index contributed by atoms with van der Waals surface area (Å²) in [5.41, 5.74) is 1.80. The average Bonchev–Trinajstić information content (AvgIpc) is 2.43. The van der Waals surface area contributed by atoms with Crippen LogP contribution < -0.4 is 4.90 Å². The summed E-state index contributed by atoms with van der Waals surface area (Å²) in [6.45, 7) is 3.80. The molecule has 5 heteroatoms. The summed E-state index contributed by atoms with van der Waals surface area (Å²) in [6, 6.07) is 9.64. The maximum Gasteiger partial charge on any atom is 0.256 e. The molecule has 1 amide bonds. The van der Waals surface area contributed by atoms with E-state index in [-0.39, 0.29) is 5.91 Å². The lowest BCUT2D eigenvalue weighted by Gasteiger charge is -2.29. The zero-order chi connectivity index (χ0) is 15.0. The first-order chi connectivity index (χ1) is 10.1. The van der Waals surface area contributed by atoms with Crippen LogP contribution in [0.2, 0.25) is 5.02 Å². The fourth-order valence-electron chi connectivity index (χ4n) is 2.15. The van der Waals surface area contributed by atoms with E-state index < -0.39 is 0 Å². The second-order valence-electron chi connectivity index (χ2n) is 4.94. The number of hydrogen-bond acceptors (Lipinski definition) is 3. The molecule has 0 saturated heterocycles. The number of halogens is 1. The zero-order valence-corrected chi connectivity index (χ0v) is 13.2. The molecule has 2 heterocycles. The summed E-state index contributed by atoms with van der Waals surface area (Å²) in [4.78, 5) is 20.5. The van der Waals surface area contributed by atoms with Gasteiger partial charge in [0.2, 0.25) is 0 Å². The smallest absolute Gasteiger partial charge is 0.256 e. The van der Waals surface area contributed by atoms with E-state index in [1.807, 2.05) is 44.2 Å². The number of benzene rings is 1. The Labute approximate surface area is 132 Å². The third-order valence-electron chi connectivity index (χ3n) is 2.97. The molecule has 0 fully saturated rings. The van der Waals surface area contributed by atoms with Crippen molar-refractivity contribution in [1.82, 2.24) is 4.98 Å². The van der Waals surface area contributed by atoms with Gasteiger partial charge in [0.1, 0.15) is 0 Å². The van der Waals surface area contributed by atoms with Gasteiger partial charge in [0.25, 0.3) is 5.91 Å². The molecule has 0 atom stereocenters. The average molecular weight is 317 g/mol. The van der Waals surface area contributed by atoms with Crippen LogP contribution in [0.3, 0.4) is 0 Å². The highest BCUT2D eigenvalue weighted by molar-refractivity contribution is 7.99. The van der Waals surface area contributed by atoms with Crippen molar-refractivity contribution >= 4 is 40.8 Å². The standard InChI is InChI=1S/C16H13ClN2OS/c1-10(2)7-15(20)19-12-5-3-4-6-13(12)21-14-8-11(17)9-18-16(14)19/h3-9H,1-2H3. The third-order valence-corrected chi connectivity index (χ3v) is 4.26. The van der Waals surface area contributed by atoms with Gasteiger partial charge in [-0.15, -0.1) is 0 Å². The molecule has 0 bridgehead atoms. The molecule has 1 aliphatic heterocycles. The van der Waals surface area contributed by atoms with Crippen LogP contribution in [0.5, 0.6) is 0 Å². The van der Waals surface area contributed by atoms with E-state index in [0.717, 1.165) is 21.1 Å². The van der Waals surface area contributed by atoms with Crippen LogP contribution in [0, 0.1) is 0 Å². The number of carbonyl (C=O) groups excluding carboxylic acids is 1. The normalized spacial score (nSPS) is 12.4. The minimum atomic E-state index is -0.0983. The fraction of sp³-hybridized carbons (Fsp3) is 0.125. The summed E-state index contributed by atoms with van der Waals surface area (Å²) >= 11 is 7.60. The van der Waals surface area contributed by atoms with Crippen LogP contribution in [0.4, 0.5) is 11.5 Å². The van der Waals surface area contributed by atoms with E-state index in [9.17, 15) is 4.79 Å². The van der Waals surface area contributed by atoms with Gasteiger partial charge < -0.3 is 0 Å². The molecule has 21 heavy (non-hydrogen) atoms. The van der Waals surface area contributed by atoms with E-state index in [4.69, 9.17) is 11.6 Å². The molecular formula is C16H13ClN2OS. The predicted molar refractivity (Wildman–Crippen MR) is 86.4 cm³/mol. The second kappa shape index (κ2) is 5.54. The number of rotatable bonds is 1. The first kappa shape index (κ1) is 14.2. The number of allylic oxidation sites excluding steroid dienone is 1. The van der Waals surface area contributed by atoms with E-state index in [2.05, 4.69) is 4.98 Å². The largest absolute Gasteiger partial charge is 0.269 e. The number of hydrogen-bond donors (Lipinski definition) is 0. The Morgan fingerprint density at radius 2 is 2.05 bits per heavy atom. The minimum Gasteiger partial charge on any atom is -0.269 e. The molecule has 1 aromatic heterocycles. The van der Waals surface area contributed by atoms with E-state index in [0.29, 0.717) is 10.8 Å². The van der Waals surface area contributed by atoms with E-state index >= 15 is 0 Å². The Kier molecular flexibility index (Phi) is 3.74. The number of pyridine rings is 1. The summed E-state index contributed by atoms with van der Waals surface area (Å²) in [5.74, 6) is 0.532. The Bertz CT molecular complexity index is 754. The number of fused-ring (bicyclic) bond motifs is 2. The van der Waals surface area contributed by atoms with Crippen molar-refractivity contribution in [1.29, 1.82) is 0 Å². The fourth-order valence-corrected chi connectivity index (χ4v) is 3.44. The zero-order valence-electron chi connectivity index (χ0n) is 11.6. The minimum absolute atomic E-state index is 0.0983. The summed E-state index contributed by atoms with van der Waals surface area (Å²) < 4.78 is 0. The number of amides is 1. The molecule has 3 rings (SSSR count). The quantitative estimate of drug-likeness (QED) is 0.706. The van der Waals surface area contributed by atoms with Crippen molar-refractivity contribution in [3.8, 4) is 0 Å². The number of anilines is 2. The molecular weight excluding hydrogens is 304 g/mol. The van der Waals surface area contributed by atoms with E-state index in [1.165, 1.54) is 0 Å². The third kappa shape index (κ3) is 2.69. The van der Waals surface area contributed by atoms with Crippen molar-refractivity contribution in [3.05, 3.63) is 53.2 Å². The van der Waals surface area contributed by atoms with Gasteiger partial charge in [0.05, 0.1) is 15.6 Å². The molecule has 0 radical (unpaired) electrons. The molecule has 106 valence electrons. The Hall–Kier alpha value is -1.78. The van der Waals surface area contributed by atoms with Crippen LogP contribution >= 0.6 is 23.4 Å². The lowest BCUT2D eigenvalue weighted by atomic mass is 10.2. The topological polar surface area (TPSA) is 33.2 Å². The van der Waals surface area contributed by atoms with Gasteiger partial charge in [-0.25, -0.2) is 4.98 Å². The highest BCUT2D eigenvalue weighted by Crippen LogP contribution is 2.47. The van der Waals surface area contributed by atoms with Gasteiger partial charge >= 0.3 is 0 Å². The highest BCUT2D eigenvalue weighted by atomic mass is 35.5. The van der Waals surface area contributed by atoms with Crippen molar-refractivity contribution in [2.75, 3.05) is 4.90 Å². The van der Waals surface area contributed by atoms with Crippen LogP contribution in [0.15, 0.2) is 58.0 Å². The van der Waals surface area contributed by atoms with Gasteiger partial charge in [-0.2, -0.15) is 0 Å². The summed E-state index contributed by atoms with van der Waals surface area (Å²) in [5, 5.41) is 0.565. The molecule has 0 aliphatic carbocycles. The van der Waals surface area contributed by atoms with Gasteiger partial charge in [0, 0.05) is 17.2 Å². The second-order valence-corrected chi connectivity index (χ2v) is 6.46. The Balaban J connectivity index is 2.18. The molecule has 2 aromatic rings. The lowest BCUT2D eigenvalue weighted by molar-refractivity contribution is -0.113. The predicted octanol–water partition coefficient (Wildman–Crippen LogP) is 4.83.